The third-order valence-electron chi connectivity index (χ3n) is 1.34. The van der Waals surface area contributed by atoms with Gasteiger partial charge in [-0.1, -0.05) is 12.1 Å². The van der Waals surface area contributed by atoms with E-state index in [9.17, 15) is 13.0 Å². The zero-order chi connectivity index (χ0) is 8.97. The van der Waals surface area contributed by atoms with Crippen LogP contribution in [0.1, 0.15) is 0 Å². The monoisotopic (exact) mass is 190 g/mol. The lowest BCUT2D eigenvalue weighted by Gasteiger charge is -1.99. The molecule has 0 aliphatic heterocycles. The second-order valence-corrected chi connectivity index (χ2v) is 3.71. The molecule has 1 aromatic carbocycles. The zero-order valence-electron chi connectivity index (χ0n) is 6.30. The van der Waals surface area contributed by atoms with E-state index < -0.39 is 23.3 Å². The van der Waals surface area contributed by atoms with Crippen LogP contribution >= 0.6 is 0 Å². The molecule has 0 fully saturated rings. The van der Waals surface area contributed by atoms with E-state index in [-0.39, 0.29) is 10.6 Å². The maximum atomic E-state index is 12.8. The fraction of sp³-hybridized carbons (Fsp3) is 0.250. The summed E-state index contributed by atoms with van der Waals surface area (Å²) in [6, 6.07) is 5.70. The first-order valence-electron chi connectivity index (χ1n) is 3.44. The molecule has 0 radical (unpaired) electrons. The number of hydrogen-bond donors (Lipinski definition) is 0. The molecule has 12 heavy (non-hydrogen) atoms. The molecular weight excluding hydrogens is 182 g/mol. The van der Waals surface area contributed by atoms with E-state index in [2.05, 4.69) is 0 Å². The molecule has 0 saturated carbocycles. The van der Waals surface area contributed by atoms with Crippen molar-refractivity contribution < 1.29 is 13.0 Å². The summed E-state index contributed by atoms with van der Waals surface area (Å²) in [5.74, 6) is -0.676. The van der Waals surface area contributed by atoms with Crippen molar-refractivity contribution >= 4 is 10.8 Å². The summed E-state index contributed by atoms with van der Waals surface area (Å²) in [4.78, 5) is 0.0788. The van der Waals surface area contributed by atoms with Crippen molar-refractivity contribution in [3.05, 3.63) is 30.1 Å². The summed E-state index contributed by atoms with van der Waals surface area (Å²) in [6.45, 7) is -0.694. The van der Waals surface area contributed by atoms with Gasteiger partial charge in [0.15, 0.2) is 0 Å². The Bertz CT molecular complexity index is 288. The molecule has 1 unspecified atom stereocenters. The van der Waals surface area contributed by atoms with Gasteiger partial charge in [0.25, 0.3) is 0 Å². The molecule has 4 heteroatoms. The van der Waals surface area contributed by atoms with E-state index >= 15 is 0 Å². The molecule has 66 valence electrons. The van der Waals surface area contributed by atoms with E-state index in [4.69, 9.17) is 0 Å². The average molecular weight is 190 g/mol. The molecule has 1 rings (SSSR count). The van der Waals surface area contributed by atoms with Gasteiger partial charge >= 0.3 is 0 Å². The number of halogens is 2. The van der Waals surface area contributed by atoms with E-state index in [1.807, 2.05) is 0 Å². The van der Waals surface area contributed by atoms with Crippen molar-refractivity contribution in [3.63, 3.8) is 0 Å². The Morgan fingerprint density at radius 1 is 1.33 bits per heavy atom. The van der Waals surface area contributed by atoms with Crippen LogP contribution in [-0.2, 0) is 10.8 Å². The van der Waals surface area contributed by atoms with Crippen molar-refractivity contribution in [2.24, 2.45) is 0 Å². The SMILES string of the molecule is O=S(CCF)c1ccccc1F. The van der Waals surface area contributed by atoms with E-state index in [1.54, 1.807) is 6.07 Å². The second-order valence-electron chi connectivity index (χ2n) is 2.17. The molecule has 1 nitrogen and oxygen atoms in total. The maximum absolute atomic E-state index is 12.8. The molecule has 0 heterocycles. The van der Waals surface area contributed by atoms with Crippen LogP contribution in [0.3, 0.4) is 0 Å². The molecule has 0 saturated heterocycles. The van der Waals surface area contributed by atoms with E-state index in [0.717, 1.165) is 0 Å². The topological polar surface area (TPSA) is 17.1 Å². The minimum absolute atomic E-state index is 0.0788. The number of rotatable bonds is 3. The molecular formula is C8H8F2OS. The van der Waals surface area contributed by atoms with Crippen molar-refractivity contribution in [2.45, 2.75) is 4.90 Å². The summed E-state index contributed by atoms with van der Waals surface area (Å²) in [6.07, 6.45) is 0. The number of hydrogen-bond acceptors (Lipinski definition) is 1. The average Bonchev–Trinajstić information content (AvgIpc) is 2.05. The molecule has 0 amide bonds. The van der Waals surface area contributed by atoms with Crippen LogP contribution in [0, 0.1) is 5.82 Å². The standard InChI is InChI=1S/C8H8F2OS/c9-5-6-12(11)8-4-2-1-3-7(8)10/h1-4H,5-6H2. The van der Waals surface area contributed by atoms with Gasteiger partial charge in [-0.2, -0.15) is 0 Å². The Hall–Kier alpha value is -0.770. The Labute approximate surface area is 71.9 Å². The van der Waals surface area contributed by atoms with Crippen LogP contribution in [-0.4, -0.2) is 16.6 Å². The van der Waals surface area contributed by atoms with Gasteiger partial charge < -0.3 is 0 Å². The molecule has 1 aromatic rings. The van der Waals surface area contributed by atoms with Gasteiger partial charge in [0.05, 0.1) is 21.4 Å². The Morgan fingerprint density at radius 3 is 2.58 bits per heavy atom. The maximum Gasteiger partial charge on any atom is 0.139 e. The third-order valence-corrected chi connectivity index (χ3v) is 2.69. The van der Waals surface area contributed by atoms with E-state index in [1.165, 1.54) is 18.2 Å². The normalized spacial score (nSPS) is 12.8. The summed E-state index contributed by atoms with van der Waals surface area (Å²) in [5, 5.41) is 0. The van der Waals surface area contributed by atoms with Gasteiger partial charge in [0, 0.05) is 0 Å². The van der Waals surface area contributed by atoms with Gasteiger partial charge in [0.2, 0.25) is 0 Å². The first kappa shape index (κ1) is 9.32. The third kappa shape index (κ3) is 2.11. The van der Waals surface area contributed by atoms with Gasteiger partial charge in [-0.05, 0) is 12.1 Å². The minimum atomic E-state index is -1.55. The lowest BCUT2D eigenvalue weighted by Crippen LogP contribution is -2.01. The van der Waals surface area contributed by atoms with Gasteiger partial charge in [-0.3, -0.25) is 8.60 Å². The van der Waals surface area contributed by atoms with Crippen LogP contribution < -0.4 is 0 Å². The Balaban J connectivity index is 2.87. The van der Waals surface area contributed by atoms with Crippen LogP contribution in [0.4, 0.5) is 8.78 Å². The molecule has 0 aliphatic carbocycles. The molecule has 0 spiro atoms. The molecule has 0 aliphatic rings. The smallest absolute Gasteiger partial charge is 0.139 e. The minimum Gasteiger partial charge on any atom is -0.254 e. The Kier molecular flexibility index (Phi) is 3.34. The van der Waals surface area contributed by atoms with Gasteiger partial charge in [-0.25, -0.2) is 4.39 Å². The lowest BCUT2D eigenvalue weighted by molar-refractivity contribution is 0.527. The zero-order valence-corrected chi connectivity index (χ0v) is 7.11. The predicted molar refractivity (Wildman–Crippen MR) is 43.7 cm³/mol. The summed E-state index contributed by atoms with van der Waals surface area (Å²) in [7, 11) is -1.55. The van der Waals surface area contributed by atoms with Crippen molar-refractivity contribution in [2.75, 3.05) is 12.4 Å². The quantitative estimate of drug-likeness (QED) is 0.711. The molecule has 1 atom stereocenters. The molecule has 0 bridgehead atoms. The highest BCUT2D eigenvalue weighted by Crippen LogP contribution is 2.11. The highest BCUT2D eigenvalue weighted by molar-refractivity contribution is 7.85. The first-order chi connectivity index (χ1) is 5.75. The summed E-state index contributed by atoms with van der Waals surface area (Å²) < 4.78 is 35.7. The van der Waals surface area contributed by atoms with Gasteiger partial charge in [0.1, 0.15) is 12.5 Å². The highest BCUT2D eigenvalue weighted by Gasteiger charge is 2.07. The fourth-order valence-electron chi connectivity index (χ4n) is 0.809. The van der Waals surface area contributed by atoms with Crippen molar-refractivity contribution in [1.82, 2.24) is 0 Å². The Morgan fingerprint density at radius 2 is 2.00 bits per heavy atom. The van der Waals surface area contributed by atoms with E-state index in [0.29, 0.717) is 0 Å². The van der Waals surface area contributed by atoms with Crippen molar-refractivity contribution in [1.29, 1.82) is 0 Å². The van der Waals surface area contributed by atoms with Crippen molar-refractivity contribution in [3.8, 4) is 0 Å². The predicted octanol–water partition coefficient (Wildman–Crippen LogP) is 1.90. The van der Waals surface area contributed by atoms with Gasteiger partial charge in [-0.15, -0.1) is 0 Å². The van der Waals surface area contributed by atoms with Crippen LogP contribution in [0.5, 0.6) is 0 Å². The summed E-state index contributed by atoms with van der Waals surface area (Å²) in [5.41, 5.74) is 0. The van der Waals surface area contributed by atoms with Crippen LogP contribution in [0.25, 0.3) is 0 Å². The largest absolute Gasteiger partial charge is 0.254 e. The number of alkyl halides is 1. The highest BCUT2D eigenvalue weighted by atomic mass is 32.2. The fourth-order valence-corrected chi connectivity index (χ4v) is 1.69. The van der Waals surface area contributed by atoms with Crippen LogP contribution in [0.2, 0.25) is 0 Å². The molecule has 0 N–H and O–H groups in total. The second kappa shape index (κ2) is 4.30. The lowest BCUT2D eigenvalue weighted by atomic mass is 10.3. The summed E-state index contributed by atoms with van der Waals surface area (Å²) >= 11 is 0. The number of benzene rings is 1. The van der Waals surface area contributed by atoms with Crippen LogP contribution in [0.15, 0.2) is 29.2 Å². The first-order valence-corrected chi connectivity index (χ1v) is 4.76. The molecule has 0 aromatic heterocycles.